The smallest absolute Gasteiger partial charge is 0.0659 e. The molecule has 13 heavy (non-hydrogen) atoms. The summed E-state index contributed by atoms with van der Waals surface area (Å²) in [5.74, 6) is 0. The minimum absolute atomic E-state index is 0.844. The maximum absolute atomic E-state index is 5.28. The van der Waals surface area contributed by atoms with Gasteiger partial charge in [-0.3, -0.25) is 5.01 Å². The summed E-state index contributed by atoms with van der Waals surface area (Å²) in [7, 11) is 0. The lowest BCUT2D eigenvalue weighted by atomic mass is 9.99. The predicted octanol–water partition coefficient (Wildman–Crippen LogP) is 1.64. The first-order valence-electron chi connectivity index (χ1n) is 5.34. The van der Waals surface area contributed by atoms with Gasteiger partial charge in [-0.05, 0) is 25.7 Å². The molecule has 3 heteroatoms. The standard InChI is InChI=1S/C10H18N2O/c1-2-4-10(5-3-1)11-12-6-8-13-9-7-12/h1-9H2. The zero-order chi connectivity index (χ0) is 8.93. The molecule has 1 aliphatic carbocycles. The van der Waals surface area contributed by atoms with Crippen molar-refractivity contribution >= 4 is 5.71 Å². The summed E-state index contributed by atoms with van der Waals surface area (Å²) < 4.78 is 5.28. The molecule has 0 aromatic rings. The molecule has 0 N–H and O–H groups in total. The first-order valence-corrected chi connectivity index (χ1v) is 5.34. The third-order valence-electron chi connectivity index (χ3n) is 2.70. The lowest BCUT2D eigenvalue weighted by molar-refractivity contribution is 0.0390. The third kappa shape index (κ3) is 2.69. The van der Waals surface area contributed by atoms with Crippen LogP contribution in [0.15, 0.2) is 5.10 Å². The second-order valence-corrected chi connectivity index (χ2v) is 3.79. The normalized spacial score (nSPS) is 24.6. The van der Waals surface area contributed by atoms with Gasteiger partial charge in [0.2, 0.25) is 0 Å². The topological polar surface area (TPSA) is 24.8 Å². The fourth-order valence-electron chi connectivity index (χ4n) is 1.91. The van der Waals surface area contributed by atoms with E-state index in [9.17, 15) is 0 Å². The van der Waals surface area contributed by atoms with Crippen LogP contribution < -0.4 is 0 Å². The monoisotopic (exact) mass is 182 g/mol. The molecule has 0 bridgehead atoms. The summed E-state index contributed by atoms with van der Waals surface area (Å²) in [5.41, 5.74) is 1.41. The van der Waals surface area contributed by atoms with Gasteiger partial charge in [0, 0.05) is 5.71 Å². The maximum atomic E-state index is 5.28. The van der Waals surface area contributed by atoms with E-state index < -0.39 is 0 Å². The van der Waals surface area contributed by atoms with E-state index in [1.807, 2.05) is 0 Å². The first-order chi connectivity index (χ1) is 6.45. The van der Waals surface area contributed by atoms with Gasteiger partial charge in [-0.15, -0.1) is 0 Å². The highest BCUT2D eigenvalue weighted by Gasteiger charge is 2.11. The van der Waals surface area contributed by atoms with E-state index in [4.69, 9.17) is 4.74 Å². The van der Waals surface area contributed by atoms with Crippen LogP contribution in [0.2, 0.25) is 0 Å². The second kappa shape index (κ2) is 4.61. The van der Waals surface area contributed by atoms with Crippen LogP contribution in [0.1, 0.15) is 32.1 Å². The van der Waals surface area contributed by atoms with Gasteiger partial charge in [0.1, 0.15) is 0 Å². The van der Waals surface area contributed by atoms with E-state index >= 15 is 0 Å². The van der Waals surface area contributed by atoms with E-state index in [2.05, 4.69) is 10.1 Å². The Labute approximate surface area is 79.8 Å². The van der Waals surface area contributed by atoms with Crippen LogP contribution in [-0.4, -0.2) is 37.0 Å². The zero-order valence-corrected chi connectivity index (χ0v) is 8.17. The number of hydrogen-bond acceptors (Lipinski definition) is 3. The average molecular weight is 182 g/mol. The highest BCUT2D eigenvalue weighted by atomic mass is 16.5. The number of hydrazone groups is 1. The third-order valence-corrected chi connectivity index (χ3v) is 2.70. The molecule has 0 aromatic carbocycles. The number of nitrogens with zero attached hydrogens (tertiary/aromatic N) is 2. The van der Waals surface area contributed by atoms with Crippen LogP contribution in [0.3, 0.4) is 0 Å². The Morgan fingerprint density at radius 1 is 1.00 bits per heavy atom. The van der Waals surface area contributed by atoms with Crippen molar-refractivity contribution in [3.05, 3.63) is 0 Å². The van der Waals surface area contributed by atoms with Gasteiger partial charge in [-0.2, -0.15) is 5.10 Å². The van der Waals surface area contributed by atoms with E-state index in [0.717, 1.165) is 26.3 Å². The molecule has 0 spiro atoms. The van der Waals surface area contributed by atoms with Crippen molar-refractivity contribution in [2.75, 3.05) is 26.3 Å². The summed E-state index contributed by atoms with van der Waals surface area (Å²) in [6.07, 6.45) is 6.50. The van der Waals surface area contributed by atoms with Gasteiger partial charge in [0.05, 0.1) is 26.3 Å². The molecule has 0 amide bonds. The highest BCUT2D eigenvalue weighted by molar-refractivity contribution is 5.84. The molecule has 1 heterocycles. The largest absolute Gasteiger partial charge is 0.378 e. The summed E-state index contributed by atoms with van der Waals surface area (Å²) in [6.45, 7) is 3.64. The molecule has 0 unspecified atom stereocenters. The first kappa shape index (κ1) is 9.00. The number of morpholine rings is 1. The number of hydrogen-bond donors (Lipinski definition) is 0. The maximum Gasteiger partial charge on any atom is 0.0659 e. The van der Waals surface area contributed by atoms with Gasteiger partial charge in [0.25, 0.3) is 0 Å². The SMILES string of the molecule is C1CCC(=NN2CCOCC2)CC1. The molecule has 0 radical (unpaired) electrons. The van der Waals surface area contributed by atoms with Crippen LogP contribution in [0, 0.1) is 0 Å². The molecular weight excluding hydrogens is 164 g/mol. The van der Waals surface area contributed by atoms with Gasteiger partial charge in [0.15, 0.2) is 0 Å². The molecule has 2 aliphatic rings. The van der Waals surface area contributed by atoms with Crippen molar-refractivity contribution in [1.29, 1.82) is 0 Å². The average Bonchev–Trinajstić information content (AvgIpc) is 2.21. The number of ether oxygens (including phenoxy) is 1. The Balaban J connectivity index is 1.85. The Kier molecular flexibility index (Phi) is 3.19. The van der Waals surface area contributed by atoms with Crippen LogP contribution in [0.5, 0.6) is 0 Å². The second-order valence-electron chi connectivity index (χ2n) is 3.79. The fourth-order valence-corrected chi connectivity index (χ4v) is 1.91. The summed E-state index contributed by atoms with van der Waals surface area (Å²) >= 11 is 0. The lowest BCUT2D eigenvalue weighted by Gasteiger charge is -2.26. The van der Waals surface area contributed by atoms with Gasteiger partial charge < -0.3 is 4.74 Å². The van der Waals surface area contributed by atoms with E-state index in [0.29, 0.717) is 0 Å². The van der Waals surface area contributed by atoms with Gasteiger partial charge >= 0.3 is 0 Å². The fraction of sp³-hybridized carbons (Fsp3) is 0.900. The van der Waals surface area contributed by atoms with Crippen molar-refractivity contribution in [3.63, 3.8) is 0 Å². The highest BCUT2D eigenvalue weighted by Crippen LogP contribution is 2.15. The summed E-state index contributed by atoms with van der Waals surface area (Å²) in [5, 5.41) is 6.84. The van der Waals surface area contributed by atoms with Crippen LogP contribution in [0.4, 0.5) is 0 Å². The van der Waals surface area contributed by atoms with Gasteiger partial charge in [-0.25, -0.2) is 0 Å². The van der Waals surface area contributed by atoms with Crippen LogP contribution in [-0.2, 0) is 4.74 Å². The van der Waals surface area contributed by atoms with Crippen molar-refractivity contribution < 1.29 is 4.74 Å². The van der Waals surface area contributed by atoms with E-state index in [1.165, 1.54) is 37.8 Å². The molecule has 1 saturated heterocycles. The quantitative estimate of drug-likeness (QED) is 0.616. The zero-order valence-electron chi connectivity index (χ0n) is 8.17. The van der Waals surface area contributed by atoms with Crippen molar-refractivity contribution in [1.82, 2.24) is 5.01 Å². The van der Waals surface area contributed by atoms with E-state index in [-0.39, 0.29) is 0 Å². The molecule has 74 valence electrons. The van der Waals surface area contributed by atoms with E-state index in [1.54, 1.807) is 0 Å². The van der Waals surface area contributed by atoms with Crippen LogP contribution in [0.25, 0.3) is 0 Å². The Hall–Kier alpha value is -0.570. The van der Waals surface area contributed by atoms with Crippen molar-refractivity contribution in [2.24, 2.45) is 5.10 Å². The molecule has 2 fully saturated rings. The lowest BCUT2D eigenvalue weighted by Crippen LogP contribution is -2.33. The van der Waals surface area contributed by atoms with Crippen molar-refractivity contribution in [2.45, 2.75) is 32.1 Å². The Morgan fingerprint density at radius 3 is 2.38 bits per heavy atom. The Morgan fingerprint density at radius 2 is 1.69 bits per heavy atom. The summed E-state index contributed by atoms with van der Waals surface area (Å²) in [6, 6.07) is 0. The predicted molar refractivity (Wildman–Crippen MR) is 52.9 cm³/mol. The molecule has 3 nitrogen and oxygen atoms in total. The van der Waals surface area contributed by atoms with Crippen LogP contribution >= 0.6 is 0 Å². The van der Waals surface area contributed by atoms with Gasteiger partial charge in [-0.1, -0.05) is 6.42 Å². The molecule has 0 aromatic heterocycles. The molecular formula is C10H18N2O. The molecule has 1 aliphatic heterocycles. The minimum atomic E-state index is 0.844. The minimum Gasteiger partial charge on any atom is -0.378 e. The molecule has 0 atom stereocenters. The molecule has 2 rings (SSSR count). The van der Waals surface area contributed by atoms with Crippen molar-refractivity contribution in [3.8, 4) is 0 Å². The summed E-state index contributed by atoms with van der Waals surface area (Å²) in [4.78, 5) is 0. The number of rotatable bonds is 1. The Bertz CT molecular complexity index is 177. The molecule has 1 saturated carbocycles.